The normalized spacial score (nSPS) is 14.2. The third-order valence-corrected chi connectivity index (χ3v) is 3.17. The zero-order valence-electron chi connectivity index (χ0n) is 11.8. The first-order valence-corrected chi connectivity index (χ1v) is 6.67. The second-order valence-electron chi connectivity index (χ2n) is 4.60. The summed E-state index contributed by atoms with van der Waals surface area (Å²) < 4.78 is 0. The van der Waals surface area contributed by atoms with Gasteiger partial charge in [-0.1, -0.05) is 12.1 Å². The molecule has 0 bridgehead atoms. The minimum absolute atomic E-state index is 0.104. The third-order valence-electron chi connectivity index (χ3n) is 3.17. The van der Waals surface area contributed by atoms with Crippen LogP contribution >= 0.6 is 0 Å². The van der Waals surface area contributed by atoms with Gasteiger partial charge in [0.05, 0.1) is 12.0 Å². The largest absolute Gasteiger partial charge is 0.387 e. The highest BCUT2D eigenvalue weighted by molar-refractivity contribution is 6.06. The zero-order valence-corrected chi connectivity index (χ0v) is 11.8. The van der Waals surface area contributed by atoms with E-state index in [4.69, 9.17) is 0 Å². The SMILES string of the molecule is CNc1ccccc1C(=O)NCCN1C=CC(=O)CC1=O. The highest BCUT2D eigenvalue weighted by Crippen LogP contribution is 2.13. The molecule has 0 radical (unpaired) electrons. The van der Waals surface area contributed by atoms with Crippen molar-refractivity contribution in [2.24, 2.45) is 0 Å². The van der Waals surface area contributed by atoms with E-state index >= 15 is 0 Å². The molecular formula is C15H17N3O3. The van der Waals surface area contributed by atoms with Gasteiger partial charge in [-0.3, -0.25) is 14.4 Å². The van der Waals surface area contributed by atoms with Gasteiger partial charge in [0.2, 0.25) is 5.91 Å². The standard InChI is InChI=1S/C15H17N3O3/c1-16-13-5-3-2-4-12(13)15(21)17-7-9-18-8-6-11(19)10-14(18)20/h2-6,8,16H,7,9-10H2,1H3,(H,17,21). The van der Waals surface area contributed by atoms with Crippen LogP contribution in [0, 0.1) is 0 Å². The molecule has 1 heterocycles. The smallest absolute Gasteiger partial charge is 0.253 e. The Morgan fingerprint density at radius 1 is 1.29 bits per heavy atom. The third kappa shape index (κ3) is 3.68. The average molecular weight is 287 g/mol. The molecule has 1 aliphatic rings. The molecule has 21 heavy (non-hydrogen) atoms. The van der Waals surface area contributed by atoms with Crippen molar-refractivity contribution in [2.75, 3.05) is 25.5 Å². The minimum atomic E-state index is -0.243. The van der Waals surface area contributed by atoms with Crippen LogP contribution in [0.3, 0.4) is 0 Å². The van der Waals surface area contributed by atoms with Crippen LogP contribution in [-0.4, -0.2) is 42.6 Å². The van der Waals surface area contributed by atoms with Crippen LogP contribution in [-0.2, 0) is 9.59 Å². The summed E-state index contributed by atoms with van der Waals surface area (Å²) in [6.07, 6.45) is 2.73. The Morgan fingerprint density at radius 3 is 2.76 bits per heavy atom. The Bertz CT molecular complexity index is 596. The van der Waals surface area contributed by atoms with E-state index in [9.17, 15) is 14.4 Å². The molecule has 0 spiro atoms. The van der Waals surface area contributed by atoms with Crippen molar-refractivity contribution < 1.29 is 14.4 Å². The van der Waals surface area contributed by atoms with Gasteiger partial charge < -0.3 is 15.5 Å². The van der Waals surface area contributed by atoms with Crippen LogP contribution in [0.15, 0.2) is 36.5 Å². The molecule has 6 nitrogen and oxygen atoms in total. The van der Waals surface area contributed by atoms with Crippen molar-refractivity contribution in [2.45, 2.75) is 6.42 Å². The summed E-state index contributed by atoms with van der Waals surface area (Å²) >= 11 is 0. The first-order valence-electron chi connectivity index (χ1n) is 6.67. The highest BCUT2D eigenvalue weighted by atomic mass is 16.2. The fourth-order valence-electron chi connectivity index (χ4n) is 2.05. The topological polar surface area (TPSA) is 78.5 Å². The number of carbonyl (C=O) groups excluding carboxylic acids is 3. The number of benzene rings is 1. The minimum Gasteiger partial charge on any atom is -0.387 e. The molecule has 2 rings (SSSR count). The van der Waals surface area contributed by atoms with Crippen LogP contribution in [0.5, 0.6) is 0 Å². The molecule has 1 aromatic rings. The van der Waals surface area contributed by atoms with Crippen molar-refractivity contribution in [3.05, 3.63) is 42.1 Å². The van der Waals surface area contributed by atoms with E-state index in [1.807, 2.05) is 12.1 Å². The lowest BCUT2D eigenvalue weighted by atomic mass is 10.1. The Morgan fingerprint density at radius 2 is 2.05 bits per heavy atom. The highest BCUT2D eigenvalue weighted by Gasteiger charge is 2.18. The van der Waals surface area contributed by atoms with Gasteiger partial charge in [0.25, 0.3) is 5.91 Å². The molecule has 0 saturated heterocycles. The number of carbonyl (C=O) groups is 3. The summed E-state index contributed by atoms with van der Waals surface area (Å²) in [7, 11) is 1.75. The number of allylic oxidation sites excluding steroid dienone is 1. The average Bonchev–Trinajstić information content (AvgIpc) is 2.49. The number of amides is 2. The number of rotatable bonds is 5. The molecule has 0 aliphatic carbocycles. The van der Waals surface area contributed by atoms with Crippen molar-refractivity contribution in [3.8, 4) is 0 Å². The van der Waals surface area contributed by atoms with Gasteiger partial charge in [-0.25, -0.2) is 0 Å². The fourth-order valence-corrected chi connectivity index (χ4v) is 2.05. The number of ketones is 1. The van der Waals surface area contributed by atoms with Crippen molar-refractivity contribution >= 4 is 23.3 Å². The van der Waals surface area contributed by atoms with E-state index in [0.717, 1.165) is 5.69 Å². The molecule has 110 valence electrons. The van der Waals surface area contributed by atoms with Crippen LogP contribution in [0.25, 0.3) is 0 Å². The number of nitrogens with one attached hydrogen (secondary N) is 2. The lowest BCUT2D eigenvalue weighted by Gasteiger charge is -2.21. The van der Waals surface area contributed by atoms with Crippen LogP contribution in [0.4, 0.5) is 5.69 Å². The van der Waals surface area contributed by atoms with Gasteiger partial charge in [-0.05, 0) is 18.2 Å². The molecule has 0 fully saturated rings. The van der Waals surface area contributed by atoms with Crippen LogP contribution in [0.1, 0.15) is 16.8 Å². The lowest BCUT2D eigenvalue weighted by molar-refractivity contribution is -0.133. The Labute approximate surface area is 122 Å². The molecule has 0 unspecified atom stereocenters. The number of nitrogens with zero attached hydrogens (tertiary/aromatic N) is 1. The Hall–Kier alpha value is -2.63. The predicted octanol–water partition coefficient (Wildman–Crippen LogP) is 0.773. The first kappa shape index (κ1) is 14.8. The maximum absolute atomic E-state index is 12.1. The van der Waals surface area contributed by atoms with E-state index < -0.39 is 0 Å². The lowest BCUT2D eigenvalue weighted by Crippen LogP contribution is -2.38. The molecule has 6 heteroatoms. The van der Waals surface area contributed by atoms with Crippen molar-refractivity contribution in [1.82, 2.24) is 10.2 Å². The molecule has 1 aliphatic heterocycles. The fraction of sp³-hybridized carbons (Fsp3) is 0.267. The van der Waals surface area contributed by atoms with Gasteiger partial charge in [-0.2, -0.15) is 0 Å². The van der Waals surface area contributed by atoms with E-state index in [2.05, 4.69) is 10.6 Å². The van der Waals surface area contributed by atoms with Gasteiger partial charge in [-0.15, -0.1) is 0 Å². The quantitative estimate of drug-likeness (QED) is 0.784. The summed E-state index contributed by atoms with van der Waals surface area (Å²) in [5.41, 5.74) is 1.30. The molecule has 1 aromatic carbocycles. The summed E-state index contributed by atoms with van der Waals surface area (Å²) in [5, 5.41) is 5.72. The molecule has 0 aromatic heterocycles. The maximum atomic E-state index is 12.1. The first-order chi connectivity index (χ1) is 10.1. The summed E-state index contributed by atoms with van der Waals surface area (Å²) in [6.45, 7) is 0.664. The zero-order chi connectivity index (χ0) is 15.2. The van der Waals surface area contributed by atoms with Gasteiger partial charge >= 0.3 is 0 Å². The number of hydrogen-bond donors (Lipinski definition) is 2. The second kappa shape index (κ2) is 6.69. The van der Waals surface area contributed by atoms with Crippen molar-refractivity contribution in [3.63, 3.8) is 0 Å². The Kier molecular flexibility index (Phi) is 4.71. The second-order valence-corrected chi connectivity index (χ2v) is 4.60. The molecular weight excluding hydrogens is 270 g/mol. The molecule has 0 saturated carbocycles. The summed E-state index contributed by atoms with van der Waals surface area (Å²) in [6, 6.07) is 7.18. The van der Waals surface area contributed by atoms with E-state index in [0.29, 0.717) is 18.7 Å². The monoisotopic (exact) mass is 287 g/mol. The predicted molar refractivity (Wildman–Crippen MR) is 78.8 cm³/mol. The van der Waals surface area contributed by atoms with Gasteiger partial charge in [0.1, 0.15) is 0 Å². The van der Waals surface area contributed by atoms with Crippen molar-refractivity contribution in [1.29, 1.82) is 0 Å². The molecule has 2 N–H and O–H groups in total. The maximum Gasteiger partial charge on any atom is 0.253 e. The molecule has 2 amide bonds. The van der Waals surface area contributed by atoms with Crippen LogP contribution < -0.4 is 10.6 Å². The number of hydrogen-bond acceptors (Lipinski definition) is 4. The van der Waals surface area contributed by atoms with Gasteiger partial charge in [0, 0.05) is 32.0 Å². The summed E-state index contributed by atoms with van der Waals surface area (Å²) in [4.78, 5) is 36.1. The van der Waals surface area contributed by atoms with E-state index in [1.54, 1.807) is 19.2 Å². The van der Waals surface area contributed by atoms with Gasteiger partial charge in [0.15, 0.2) is 5.78 Å². The van der Waals surface area contributed by atoms with E-state index in [1.165, 1.54) is 17.2 Å². The van der Waals surface area contributed by atoms with E-state index in [-0.39, 0.29) is 24.0 Å². The summed E-state index contributed by atoms with van der Waals surface area (Å²) in [5.74, 6) is -0.639. The molecule has 0 atom stereocenters. The number of para-hydroxylation sites is 1. The number of anilines is 1. The Balaban J connectivity index is 1.89. The van der Waals surface area contributed by atoms with Crippen LogP contribution in [0.2, 0.25) is 0 Å².